The average Bonchev–Trinajstić information content (AvgIpc) is 2.46. The molecule has 0 saturated heterocycles. The molecule has 0 aromatic heterocycles. The van der Waals surface area contributed by atoms with Crippen molar-refractivity contribution >= 4 is 10.0 Å². The smallest absolute Gasteiger partial charge is 0.242 e. The van der Waals surface area contributed by atoms with Crippen LogP contribution < -0.4 is 15.2 Å². The molecule has 0 aliphatic carbocycles. The van der Waals surface area contributed by atoms with Gasteiger partial charge < -0.3 is 15.2 Å². The summed E-state index contributed by atoms with van der Waals surface area (Å²) in [5.74, 6) is 1.15. The fraction of sp³-hybridized carbons (Fsp3) is 0.538. The molecule has 112 valence electrons. The molecule has 0 spiro atoms. The molecule has 6 nitrogen and oxygen atoms in total. The highest BCUT2D eigenvalue weighted by molar-refractivity contribution is 7.89. The third kappa shape index (κ3) is 3.05. The molecule has 0 fully saturated rings. The highest BCUT2D eigenvalue weighted by atomic mass is 32.2. The van der Waals surface area contributed by atoms with Gasteiger partial charge in [-0.3, -0.25) is 0 Å². The third-order valence-corrected chi connectivity index (χ3v) is 5.01. The van der Waals surface area contributed by atoms with E-state index in [-0.39, 0.29) is 10.8 Å². The lowest BCUT2D eigenvalue weighted by Crippen LogP contribution is -2.33. The van der Waals surface area contributed by atoms with Crippen LogP contribution in [0.2, 0.25) is 0 Å². The Kier molecular flexibility index (Phi) is 4.52. The molecule has 1 aliphatic rings. The van der Waals surface area contributed by atoms with Gasteiger partial charge in [0, 0.05) is 19.7 Å². The van der Waals surface area contributed by atoms with Crippen molar-refractivity contribution in [1.29, 1.82) is 0 Å². The molecule has 0 bridgehead atoms. The Bertz CT molecular complexity index is 574. The van der Waals surface area contributed by atoms with Gasteiger partial charge in [0.25, 0.3) is 0 Å². The Morgan fingerprint density at radius 1 is 1.30 bits per heavy atom. The quantitative estimate of drug-likeness (QED) is 0.864. The molecule has 0 saturated carbocycles. The van der Waals surface area contributed by atoms with E-state index in [9.17, 15) is 8.42 Å². The minimum absolute atomic E-state index is 0.104. The monoisotopic (exact) mass is 300 g/mol. The maximum Gasteiger partial charge on any atom is 0.242 e. The van der Waals surface area contributed by atoms with Crippen LogP contribution in [0.5, 0.6) is 11.5 Å². The molecule has 1 aliphatic heterocycles. The van der Waals surface area contributed by atoms with Crippen LogP contribution in [0, 0.1) is 5.92 Å². The van der Waals surface area contributed by atoms with Gasteiger partial charge in [-0.1, -0.05) is 6.92 Å². The number of rotatable bonds is 5. The van der Waals surface area contributed by atoms with Crippen LogP contribution in [-0.2, 0) is 10.0 Å². The normalized spacial score (nSPS) is 16.2. The molecule has 1 heterocycles. The van der Waals surface area contributed by atoms with Crippen LogP contribution in [0.1, 0.15) is 6.92 Å². The second-order valence-electron chi connectivity index (χ2n) is 4.93. The van der Waals surface area contributed by atoms with Crippen molar-refractivity contribution in [3.8, 4) is 11.5 Å². The van der Waals surface area contributed by atoms with Crippen LogP contribution in [0.25, 0.3) is 0 Å². The van der Waals surface area contributed by atoms with E-state index >= 15 is 0 Å². The number of nitrogens with two attached hydrogens (primary N) is 1. The van der Waals surface area contributed by atoms with Gasteiger partial charge in [-0.25, -0.2) is 12.7 Å². The summed E-state index contributed by atoms with van der Waals surface area (Å²) in [5, 5.41) is 0. The Morgan fingerprint density at radius 2 is 1.95 bits per heavy atom. The van der Waals surface area contributed by atoms with E-state index in [0.29, 0.717) is 37.8 Å². The summed E-state index contributed by atoms with van der Waals surface area (Å²) < 4.78 is 37.0. The number of hydrogen-bond acceptors (Lipinski definition) is 5. The first kappa shape index (κ1) is 15.1. The maximum absolute atomic E-state index is 12.5. The zero-order valence-electron chi connectivity index (χ0n) is 11.7. The molecule has 1 aromatic carbocycles. The molecule has 20 heavy (non-hydrogen) atoms. The van der Waals surface area contributed by atoms with E-state index in [1.54, 1.807) is 13.1 Å². The van der Waals surface area contributed by atoms with Crippen molar-refractivity contribution in [1.82, 2.24) is 4.31 Å². The summed E-state index contributed by atoms with van der Waals surface area (Å²) in [6.07, 6.45) is 0. The predicted molar refractivity (Wildman–Crippen MR) is 75.5 cm³/mol. The van der Waals surface area contributed by atoms with E-state index in [0.717, 1.165) is 0 Å². The SMILES string of the molecule is CC(CN)CN(C)S(=O)(=O)c1ccc2c(c1)OCCO2. The molecule has 0 radical (unpaired) electrons. The van der Waals surface area contributed by atoms with E-state index in [1.807, 2.05) is 6.92 Å². The number of benzene rings is 1. The summed E-state index contributed by atoms with van der Waals surface area (Å²) in [6, 6.07) is 4.67. The highest BCUT2D eigenvalue weighted by Gasteiger charge is 2.24. The Balaban J connectivity index is 2.25. The van der Waals surface area contributed by atoms with Gasteiger partial charge in [-0.05, 0) is 24.6 Å². The topological polar surface area (TPSA) is 81.9 Å². The van der Waals surface area contributed by atoms with Gasteiger partial charge in [0.2, 0.25) is 10.0 Å². The molecular formula is C13H20N2O4S. The lowest BCUT2D eigenvalue weighted by atomic mass is 10.2. The fourth-order valence-electron chi connectivity index (χ4n) is 1.98. The average molecular weight is 300 g/mol. The highest BCUT2D eigenvalue weighted by Crippen LogP contribution is 2.32. The van der Waals surface area contributed by atoms with E-state index in [2.05, 4.69) is 0 Å². The van der Waals surface area contributed by atoms with Crippen LogP contribution >= 0.6 is 0 Å². The van der Waals surface area contributed by atoms with Crippen LogP contribution in [-0.4, -0.2) is 46.1 Å². The van der Waals surface area contributed by atoms with Gasteiger partial charge in [-0.2, -0.15) is 0 Å². The third-order valence-electron chi connectivity index (χ3n) is 3.19. The summed E-state index contributed by atoms with van der Waals surface area (Å²) >= 11 is 0. The van der Waals surface area contributed by atoms with Crippen molar-refractivity contribution in [3.05, 3.63) is 18.2 Å². The van der Waals surface area contributed by atoms with Crippen molar-refractivity contribution in [2.45, 2.75) is 11.8 Å². The lowest BCUT2D eigenvalue weighted by Gasteiger charge is -2.22. The second-order valence-corrected chi connectivity index (χ2v) is 6.98. The predicted octanol–water partition coefficient (Wildman–Crippen LogP) is 0.673. The molecule has 1 atom stereocenters. The summed E-state index contributed by atoms with van der Waals surface area (Å²) in [7, 11) is -1.98. The van der Waals surface area contributed by atoms with Crippen LogP contribution in [0.15, 0.2) is 23.1 Å². The standard InChI is InChI=1S/C13H20N2O4S/c1-10(8-14)9-15(2)20(16,17)11-3-4-12-13(7-11)19-6-5-18-12/h3-4,7,10H,5-6,8-9,14H2,1-2H3. The van der Waals surface area contributed by atoms with Crippen molar-refractivity contribution in [3.63, 3.8) is 0 Å². The number of sulfonamides is 1. The minimum atomic E-state index is -3.54. The van der Waals surface area contributed by atoms with E-state index < -0.39 is 10.0 Å². The zero-order chi connectivity index (χ0) is 14.8. The summed E-state index contributed by atoms with van der Waals surface area (Å²) in [5.41, 5.74) is 5.54. The minimum Gasteiger partial charge on any atom is -0.486 e. The number of nitrogens with zero attached hydrogens (tertiary/aromatic N) is 1. The number of hydrogen-bond donors (Lipinski definition) is 1. The Labute approximate surface area is 119 Å². The summed E-state index contributed by atoms with van der Waals surface area (Å²) in [4.78, 5) is 0.202. The molecule has 2 N–H and O–H groups in total. The first-order valence-corrected chi connectivity index (χ1v) is 7.95. The second kappa shape index (κ2) is 5.99. The van der Waals surface area contributed by atoms with Crippen LogP contribution in [0.4, 0.5) is 0 Å². The largest absolute Gasteiger partial charge is 0.486 e. The first-order valence-electron chi connectivity index (χ1n) is 6.51. The van der Waals surface area contributed by atoms with Gasteiger partial charge in [-0.15, -0.1) is 0 Å². The molecule has 1 aromatic rings. The summed E-state index contributed by atoms with van der Waals surface area (Å²) in [6.45, 7) is 3.65. The Morgan fingerprint density at radius 3 is 2.60 bits per heavy atom. The van der Waals surface area contributed by atoms with Crippen molar-refractivity contribution in [2.24, 2.45) is 11.7 Å². The Hall–Kier alpha value is -1.31. The number of ether oxygens (including phenoxy) is 2. The van der Waals surface area contributed by atoms with Gasteiger partial charge >= 0.3 is 0 Å². The van der Waals surface area contributed by atoms with Crippen molar-refractivity contribution in [2.75, 3.05) is 33.4 Å². The molecule has 0 amide bonds. The van der Waals surface area contributed by atoms with E-state index in [1.165, 1.54) is 16.4 Å². The first-order chi connectivity index (χ1) is 9.45. The molecule has 7 heteroatoms. The van der Waals surface area contributed by atoms with Crippen LogP contribution in [0.3, 0.4) is 0 Å². The van der Waals surface area contributed by atoms with Gasteiger partial charge in [0.15, 0.2) is 11.5 Å². The molecular weight excluding hydrogens is 280 g/mol. The zero-order valence-corrected chi connectivity index (χ0v) is 12.5. The van der Waals surface area contributed by atoms with Gasteiger partial charge in [0.1, 0.15) is 13.2 Å². The number of fused-ring (bicyclic) bond motifs is 1. The van der Waals surface area contributed by atoms with Crippen molar-refractivity contribution < 1.29 is 17.9 Å². The van der Waals surface area contributed by atoms with Gasteiger partial charge in [0.05, 0.1) is 4.90 Å². The lowest BCUT2D eigenvalue weighted by molar-refractivity contribution is 0.171. The maximum atomic E-state index is 12.5. The molecule has 1 unspecified atom stereocenters. The fourth-order valence-corrected chi connectivity index (χ4v) is 3.28. The molecule has 2 rings (SSSR count). The van der Waals surface area contributed by atoms with E-state index in [4.69, 9.17) is 15.2 Å².